The molecule has 0 atom stereocenters. The maximum atomic E-state index is 11.4. The van der Waals surface area contributed by atoms with Crippen molar-refractivity contribution in [2.24, 2.45) is 0 Å². The molecular weight excluding hydrogens is 226 g/mol. The highest BCUT2D eigenvalue weighted by atomic mass is 16.5. The zero-order valence-electron chi connectivity index (χ0n) is 9.64. The van der Waals surface area contributed by atoms with Crippen LogP contribution < -0.4 is 0 Å². The summed E-state index contributed by atoms with van der Waals surface area (Å²) in [5.74, 6) is -1.51. The fourth-order valence-electron chi connectivity index (χ4n) is 1.26. The summed E-state index contributed by atoms with van der Waals surface area (Å²) < 4.78 is 9.01. The Labute approximate surface area is 97.6 Å². The summed E-state index contributed by atoms with van der Waals surface area (Å²) in [6.07, 6.45) is 0.551. The Kier molecular flexibility index (Phi) is 3.92. The van der Waals surface area contributed by atoms with E-state index in [9.17, 15) is 14.4 Å². The second-order valence-corrected chi connectivity index (χ2v) is 3.16. The number of hydrogen-bond acceptors (Lipinski definition) is 6. The van der Waals surface area contributed by atoms with Crippen LogP contribution >= 0.6 is 0 Å². The van der Waals surface area contributed by atoms with E-state index < -0.39 is 11.9 Å². The average Bonchev–Trinajstić information content (AvgIpc) is 2.36. The Morgan fingerprint density at radius 1 is 1.24 bits per heavy atom. The molecule has 0 N–H and O–H groups in total. The number of pyridine rings is 1. The fourth-order valence-corrected chi connectivity index (χ4v) is 1.26. The molecule has 90 valence electrons. The molecule has 0 saturated carbocycles. The van der Waals surface area contributed by atoms with Gasteiger partial charge in [-0.25, -0.2) is 14.6 Å². The van der Waals surface area contributed by atoms with Crippen molar-refractivity contribution in [2.45, 2.75) is 6.92 Å². The molecule has 0 amide bonds. The Morgan fingerprint density at radius 2 is 1.82 bits per heavy atom. The summed E-state index contributed by atoms with van der Waals surface area (Å²) in [6.45, 7) is 1.55. The first-order chi connectivity index (χ1) is 8.04. The quantitative estimate of drug-likeness (QED) is 0.570. The lowest BCUT2D eigenvalue weighted by Crippen LogP contribution is -2.15. The highest BCUT2D eigenvalue weighted by molar-refractivity contribution is 6.02. The molecule has 6 nitrogen and oxygen atoms in total. The lowest BCUT2D eigenvalue weighted by Gasteiger charge is -2.07. The smallest absolute Gasteiger partial charge is 0.357 e. The number of hydrogen-bond donors (Lipinski definition) is 0. The van der Waals surface area contributed by atoms with Gasteiger partial charge in [0.25, 0.3) is 0 Å². The van der Waals surface area contributed by atoms with Crippen molar-refractivity contribution in [3.05, 3.63) is 28.6 Å². The summed E-state index contributed by atoms with van der Waals surface area (Å²) in [6, 6.07) is 1.26. The van der Waals surface area contributed by atoms with Gasteiger partial charge in [-0.2, -0.15) is 0 Å². The van der Waals surface area contributed by atoms with Crippen LogP contribution in [0.2, 0.25) is 0 Å². The third-order valence-electron chi connectivity index (χ3n) is 2.16. The summed E-state index contributed by atoms with van der Waals surface area (Å²) in [5.41, 5.74) is 0.306. The van der Waals surface area contributed by atoms with Crippen molar-refractivity contribution in [1.82, 2.24) is 4.98 Å². The van der Waals surface area contributed by atoms with Crippen LogP contribution in [-0.2, 0) is 9.47 Å². The Morgan fingerprint density at radius 3 is 2.29 bits per heavy atom. The van der Waals surface area contributed by atoms with E-state index in [1.807, 2.05) is 0 Å². The molecule has 0 unspecified atom stereocenters. The first-order valence-electron chi connectivity index (χ1n) is 4.68. The molecule has 0 bridgehead atoms. The van der Waals surface area contributed by atoms with Gasteiger partial charge >= 0.3 is 11.9 Å². The average molecular weight is 237 g/mol. The number of carbonyl (C=O) groups excluding carboxylic acids is 3. The number of esters is 2. The van der Waals surface area contributed by atoms with Gasteiger partial charge in [0.05, 0.1) is 19.8 Å². The van der Waals surface area contributed by atoms with Crippen LogP contribution in [0.15, 0.2) is 6.07 Å². The summed E-state index contributed by atoms with van der Waals surface area (Å²) in [5, 5.41) is 0. The molecule has 0 aliphatic heterocycles. The summed E-state index contributed by atoms with van der Waals surface area (Å²) in [7, 11) is 2.35. The zero-order valence-corrected chi connectivity index (χ0v) is 9.64. The summed E-state index contributed by atoms with van der Waals surface area (Å²) in [4.78, 5) is 37.5. The number of aldehydes is 1. The van der Waals surface area contributed by atoms with Crippen molar-refractivity contribution in [2.75, 3.05) is 14.2 Å². The number of carbonyl (C=O) groups is 3. The molecule has 1 aromatic heterocycles. The van der Waals surface area contributed by atoms with Crippen LogP contribution in [0.25, 0.3) is 0 Å². The van der Waals surface area contributed by atoms with Crippen LogP contribution in [0.1, 0.15) is 36.9 Å². The molecule has 17 heavy (non-hydrogen) atoms. The van der Waals surface area contributed by atoms with E-state index in [2.05, 4.69) is 14.5 Å². The lowest BCUT2D eigenvalue weighted by molar-refractivity contribution is 0.0549. The van der Waals surface area contributed by atoms with Crippen molar-refractivity contribution < 1.29 is 23.9 Å². The minimum atomic E-state index is -0.758. The van der Waals surface area contributed by atoms with E-state index in [-0.39, 0.29) is 16.8 Å². The number of ether oxygens (including phenoxy) is 2. The predicted octanol–water partition coefficient (Wildman–Crippen LogP) is 0.776. The Balaban J connectivity index is 3.46. The number of aryl methyl sites for hydroxylation is 1. The van der Waals surface area contributed by atoms with E-state index in [1.54, 1.807) is 6.92 Å². The molecule has 0 saturated heterocycles. The molecular formula is C11H11NO5. The second kappa shape index (κ2) is 5.20. The zero-order chi connectivity index (χ0) is 13.0. The topological polar surface area (TPSA) is 82.6 Å². The number of nitrogens with zero attached hydrogens (tertiary/aromatic N) is 1. The molecule has 0 aromatic carbocycles. The van der Waals surface area contributed by atoms with Crippen molar-refractivity contribution in [3.8, 4) is 0 Å². The minimum absolute atomic E-state index is 0.0907. The number of methoxy groups -OCH3 is 2. The minimum Gasteiger partial charge on any atom is -0.465 e. The van der Waals surface area contributed by atoms with Gasteiger partial charge in [0.2, 0.25) is 0 Å². The number of aromatic nitrogens is 1. The first kappa shape index (κ1) is 12.8. The van der Waals surface area contributed by atoms with Crippen LogP contribution in [0, 0.1) is 6.92 Å². The van der Waals surface area contributed by atoms with Gasteiger partial charge in [-0.3, -0.25) is 4.79 Å². The molecule has 0 aliphatic carbocycles. The molecule has 1 heterocycles. The normalized spacial score (nSPS) is 9.59. The lowest BCUT2D eigenvalue weighted by atomic mass is 10.1. The van der Waals surface area contributed by atoms with E-state index in [0.717, 1.165) is 0 Å². The Bertz CT molecular complexity index is 481. The highest BCUT2D eigenvalue weighted by Crippen LogP contribution is 2.14. The van der Waals surface area contributed by atoms with Crippen LogP contribution in [0.4, 0.5) is 0 Å². The molecule has 1 rings (SSSR count). The number of rotatable bonds is 3. The van der Waals surface area contributed by atoms with Crippen molar-refractivity contribution in [3.63, 3.8) is 0 Å². The molecule has 0 fully saturated rings. The van der Waals surface area contributed by atoms with Gasteiger partial charge in [-0.05, 0) is 13.0 Å². The molecule has 6 heteroatoms. The highest BCUT2D eigenvalue weighted by Gasteiger charge is 2.22. The van der Waals surface area contributed by atoms with Gasteiger partial charge in [-0.1, -0.05) is 0 Å². The van der Waals surface area contributed by atoms with Gasteiger partial charge in [-0.15, -0.1) is 0 Å². The van der Waals surface area contributed by atoms with Crippen LogP contribution in [0.5, 0.6) is 0 Å². The molecule has 1 aromatic rings. The first-order valence-corrected chi connectivity index (χ1v) is 4.68. The molecule has 0 aliphatic rings. The fraction of sp³-hybridized carbons (Fsp3) is 0.273. The van der Waals surface area contributed by atoms with Gasteiger partial charge < -0.3 is 9.47 Å². The SMILES string of the molecule is COC(=O)c1cc(C=O)c(C)nc1C(=O)OC. The molecule has 0 radical (unpaired) electrons. The third kappa shape index (κ3) is 2.47. The van der Waals surface area contributed by atoms with Crippen molar-refractivity contribution in [1.29, 1.82) is 0 Å². The maximum absolute atomic E-state index is 11.4. The third-order valence-corrected chi connectivity index (χ3v) is 2.16. The predicted molar refractivity (Wildman–Crippen MR) is 57.0 cm³/mol. The van der Waals surface area contributed by atoms with Gasteiger partial charge in [0.1, 0.15) is 0 Å². The van der Waals surface area contributed by atoms with E-state index >= 15 is 0 Å². The second-order valence-electron chi connectivity index (χ2n) is 3.16. The van der Waals surface area contributed by atoms with Crippen molar-refractivity contribution >= 4 is 18.2 Å². The van der Waals surface area contributed by atoms with E-state index in [4.69, 9.17) is 0 Å². The largest absolute Gasteiger partial charge is 0.465 e. The standard InChI is InChI=1S/C11H11NO5/c1-6-7(5-13)4-8(10(14)16-2)9(12-6)11(15)17-3/h4-5H,1-3H3. The summed E-state index contributed by atoms with van der Waals surface area (Å²) >= 11 is 0. The Hall–Kier alpha value is -2.24. The van der Waals surface area contributed by atoms with E-state index in [1.165, 1.54) is 20.3 Å². The maximum Gasteiger partial charge on any atom is 0.357 e. The van der Waals surface area contributed by atoms with Gasteiger partial charge in [0.15, 0.2) is 12.0 Å². The monoisotopic (exact) mass is 237 g/mol. The molecule has 0 spiro atoms. The van der Waals surface area contributed by atoms with Crippen LogP contribution in [0.3, 0.4) is 0 Å². The van der Waals surface area contributed by atoms with Gasteiger partial charge in [0, 0.05) is 11.3 Å². The van der Waals surface area contributed by atoms with E-state index in [0.29, 0.717) is 12.0 Å². The van der Waals surface area contributed by atoms with Crippen LogP contribution in [-0.4, -0.2) is 37.4 Å².